The molecule has 0 saturated heterocycles. The zero-order chi connectivity index (χ0) is 17.9. The van der Waals surface area contributed by atoms with E-state index in [0.717, 1.165) is 11.4 Å². The number of anilines is 3. The van der Waals surface area contributed by atoms with Crippen molar-refractivity contribution in [2.24, 2.45) is 0 Å². The number of fused-ring (bicyclic) bond motifs is 1. The predicted octanol–water partition coefficient (Wildman–Crippen LogP) is 3.72. The monoisotopic (exact) mass is 342 g/mol. The summed E-state index contributed by atoms with van der Waals surface area (Å²) < 4.78 is 7.26. The SMILES string of the molecule is N#Cc1c(Nc2ccc(Oc3ccccc3)cc2)nn2cc(N)cnc12. The Morgan fingerprint density at radius 1 is 1.04 bits per heavy atom. The highest BCUT2D eigenvalue weighted by Crippen LogP contribution is 2.26. The predicted molar refractivity (Wildman–Crippen MR) is 98.4 cm³/mol. The van der Waals surface area contributed by atoms with Gasteiger partial charge in [-0.05, 0) is 36.4 Å². The molecule has 4 aromatic rings. The number of hydrogen-bond donors (Lipinski definition) is 2. The molecule has 0 aliphatic heterocycles. The summed E-state index contributed by atoms with van der Waals surface area (Å²) in [6.45, 7) is 0. The van der Waals surface area contributed by atoms with Gasteiger partial charge in [0.15, 0.2) is 11.5 Å². The van der Waals surface area contributed by atoms with Crippen LogP contribution in [0, 0.1) is 11.3 Å². The molecule has 0 spiro atoms. The van der Waals surface area contributed by atoms with Gasteiger partial charge in [-0.2, -0.15) is 5.26 Å². The van der Waals surface area contributed by atoms with E-state index in [2.05, 4.69) is 21.5 Å². The van der Waals surface area contributed by atoms with Crippen molar-refractivity contribution in [2.75, 3.05) is 11.1 Å². The Morgan fingerprint density at radius 3 is 2.50 bits per heavy atom. The molecule has 0 bridgehead atoms. The summed E-state index contributed by atoms with van der Waals surface area (Å²) in [7, 11) is 0. The lowest BCUT2D eigenvalue weighted by atomic mass is 10.2. The molecule has 126 valence electrons. The number of aromatic nitrogens is 3. The van der Waals surface area contributed by atoms with Gasteiger partial charge in [-0.15, -0.1) is 5.10 Å². The fraction of sp³-hybridized carbons (Fsp3) is 0. The van der Waals surface area contributed by atoms with E-state index in [9.17, 15) is 5.26 Å². The minimum absolute atomic E-state index is 0.356. The van der Waals surface area contributed by atoms with Crippen molar-refractivity contribution >= 4 is 22.8 Å². The second kappa shape index (κ2) is 6.45. The number of benzene rings is 2. The highest BCUT2D eigenvalue weighted by molar-refractivity contribution is 5.72. The van der Waals surface area contributed by atoms with Crippen LogP contribution < -0.4 is 15.8 Å². The van der Waals surface area contributed by atoms with Gasteiger partial charge in [0, 0.05) is 5.69 Å². The highest BCUT2D eigenvalue weighted by Gasteiger charge is 2.14. The van der Waals surface area contributed by atoms with Crippen LogP contribution in [-0.2, 0) is 0 Å². The quantitative estimate of drug-likeness (QED) is 0.586. The molecule has 3 N–H and O–H groups in total. The molecular formula is C19H14N6O. The third-order valence-electron chi connectivity index (χ3n) is 3.70. The van der Waals surface area contributed by atoms with Crippen LogP contribution in [0.3, 0.4) is 0 Å². The molecule has 0 aliphatic carbocycles. The summed E-state index contributed by atoms with van der Waals surface area (Å²) in [6, 6.07) is 19.1. The molecular weight excluding hydrogens is 328 g/mol. The second-order valence-electron chi connectivity index (χ2n) is 5.56. The molecule has 26 heavy (non-hydrogen) atoms. The number of nitrogen functional groups attached to an aromatic ring is 1. The van der Waals surface area contributed by atoms with Crippen molar-refractivity contribution in [1.82, 2.24) is 14.6 Å². The average Bonchev–Trinajstić information content (AvgIpc) is 3.00. The van der Waals surface area contributed by atoms with Crippen LogP contribution in [0.2, 0.25) is 0 Å². The molecule has 4 rings (SSSR count). The summed E-state index contributed by atoms with van der Waals surface area (Å²) in [5, 5.41) is 16.9. The third kappa shape index (κ3) is 2.99. The molecule has 7 heteroatoms. The van der Waals surface area contributed by atoms with Crippen LogP contribution in [0.5, 0.6) is 11.5 Å². The smallest absolute Gasteiger partial charge is 0.175 e. The van der Waals surface area contributed by atoms with Crippen molar-refractivity contribution in [1.29, 1.82) is 5.26 Å². The first kappa shape index (κ1) is 15.5. The van der Waals surface area contributed by atoms with Gasteiger partial charge in [0.05, 0.1) is 18.1 Å². The number of ether oxygens (including phenoxy) is 1. The van der Waals surface area contributed by atoms with E-state index in [-0.39, 0.29) is 0 Å². The first-order valence-electron chi connectivity index (χ1n) is 7.87. The summed E-state index contributed by atoms with van der Waals surface area (Å²) >= 11 is 0. The molecule has 0 aliphatic rings. The topological polar surface area (TPSA) is 101 Å². The lowest BCUT2D eigenvalue weighted by Gasteiger charge is -2.07. The molecule has 0 amide bonds. The molecule has 0 atom stereocenters. The Kier molecular flexibility index (Phi) is 3.84. The molecule has 0 radical (unpaired) electrons. The van der Waals surface area contributed by atoms with E-state index in [1.165, 1.54) is 10.7 Å². The minimum Gasteiger partial charge on any atom is -0.457 e. The van der Waals surface area contributed by atoms with Crippen LogP contribution in [0.1, 0.15) is 5.56 Å². The van der Waals surface area contributed by atoms with Gasteiger partial charge >= 0.3 is 0 Å². The molecule has 0 fully saturated rings. The highest BCUT2D eigenvalue weighted by atomic mass is 16.5. The van der Waals surface area contributed by atoms with Gasteiger partial charge in [0.25, 0.3) is 0 Å². The Balaban J connectivity index is 1.58. The fourth-order valence-electron chi connectivity index (χ4n) is 2.51. The lowest BCUT2D eigenvalue weighted by Crippen LogP contribution is -1.95. The molecule has 0 saturated carbocycles. The van der Waals surface area contributed by atoms with Crippen LogP contribution in [0.15, 0.2) is 67.0 Å². The van der Waals surface area contributed by atoms with Crippen LogP contribution in [0.25, 0.3) is 5.65 Å². The second-order valence-corrected chi connectivity index (χ2v) is 5.56. The number of nitrogens with two attached hydrogens (primary N) is 1. The largest absolute Gasteiger partial charge is 0.457 e. The lowest BCUT2D eigenvalue weighted by molar-refractivity contribution is 0.483. The van der Waals surface area contributed by atoms with E-state index in [0.29, 0.717) is 28.5 Å². The van der Waals surface area contributed by atoms with E-state index in [1.54, 1.807) is 6.20 Å². The first-order chi connectivity index (χ1) is 12.7. The Hall–Kier alpha value is -4.05. The van der Waals surface area contributed by atoms with Crippen LogP contribution in [0.4, 0.5) is 17.2 Å². The van der Waals surface area contributed by atoms with Crippen molar-refractivity contribution in [3.63, 3.8) is 0 Å². The van der Waals surface area contributed by atoms with Crippen molar-refractivity contribution in [3.8, 4) is 17.6 Å². The normalized spacial score (nSPS) is 10.4. The van der Waals surface area contributed by atoms with E-state index in [4.69, 9.17) is 10.5 Å². The third-order valence-corrected chi connectivity index (χ3v) is 3.70. The van der Waals surface area contributed by atoms with Gasteiger partial charge < -0.3 is 15.8 Å². The number of para-hydroxylation sites is 1. The van der Waals surface area contributed by atoms with Crippen molar-refractivity contribution in [2.45, 2.75) is 0 Å². The van der Waals surface area contributed by atoms with Crippen LogP contribution >= 0.6 is 0 Å². The molecule has 2 heterocycles. The van der Waals surface area contributed by atoms with Gasteiger partial charge in [-0.25, -0.2) is 9.50 Å². The number of nitrogens with zero attached hydrogens (tertiary/aromatic N) is 4. The van der Waals surface area contributed by atoms with Gasteiger partial charge in [-0.1, -0.05) is 18.2 Å². The summed E-state index contributed by atoms with van der Waals surface area (Å²) in [4.78, 5) is 4.17. The van der Waals surface area contributed by atoms with Gasteiger partial charge in [-0.3, -0.25) is 0 Å². The van der Waals surface area contributed by atoms with Gasteiger partial charge in [0.1, 0.15) is 23.1 Å². The maximum Gasteiger partial charge on any atom is 0.175 e. The molecule has 2 aromatic carbocycles. The van der Waals surface area contributed by atoms with Crippen molar-refractivity contribution < 1.29 is 4.74 Å². The zero-order valence-corrected chi connectivity index (χ0v) is 13.6. The Bertz CT molecular complexity index is 1100. The van der Waals surface area contributed by atoms with E-state index >= 15 is 0 Å². The Morgan fingerprint density at radius 2 is 1.77 bits per heavy atom. The van der Waals surface area contributed by atoms with Crippen LogP contribution in [-0.4, -0.2) is 14.6 Å². The number of hydrogen-bond acceptors (Lipinski definition) is 6. The fourth-order valence-corrected chi connectivity index (χ4v) is 2.51. The number of nitriles is 1. The number of rotatable bonds is 4. The standard InChI is InChI=1S/C19H14N6O/c20-10-17-18(24-25-12-13(21)11-22-19(17)25)23-14-6-8-16(9-7-14)26-15-4-2-1-3-5-15/h1-9,11-12H,21H2,(H,23,24). The van der Waals surface area contributed by atoms with E-state index < -0.39 is 0 Å². The summed E-state index contributed by atoms with van der Waals surface area (Å²) in [5.74, 6) is 1.90. The molecule has 7 nitrogen and oxygen atoms in total. The summed E-state index contributed by atoms with van der Waals surface area (Å²) in [5.41, 5.74) is 7.77. The molecule has 0 unspecified atom stereocenters. The first-order valence-corrected chi connectivity index (χ1v) is 7.87. The number of nitrogens with one attached hydrogen (secondary N) is 1. The summed E-state index contributed by atoms with van der Waals surface area (Å²) in [6.07, 6.45) is 3.11. The maximum atomic E-state index is 9.43. The minimum atomic E-state index is 0.356. The molecule has 2 aromatic heterocycles. The van der Waals surface area contributed by atoms with Crippen molar-refractivity contribution in [3.05, 3.63) is 72.6 Å². The van der Waals surface area contributed by atoms with E-state index in [1.807, 2.05) is 54.6 Å². The van der Waals surface area contributed by atoms with Gasteiger partial charge in [0.2, 0.25) is 0 Å². The zero-order valence-electron chi connectivity index (χ0n) is 13.6. The Labute approximate surface area is 149 Å². The average molecular weight is 342 g/mol. The maximum absolute atomic E-state index is 9.43.